The molecule has 8 heteroatoms. The van der Waals surface area contributed by atoms with Crippen molar-refractivity contribution in [3.8, 4) is 0 Å². The summed E-state index contributed by atoms with van der Waals surface area (Å²) in [4.78, 5) is 27.3. The summed E-state index contributed by atoms with van der Waals surface area (Å²) < 4.78 is 0. The van der Waals surface area contributed by atoms with Gasteiger partial charge in [-0.25, -0.2) is 14.8 Å². The number of nitrogens with one attached hydrogen (secondary N) is 2. The molecule has 2 N–H and O–H groups in total. The van der Waals surface area contributed by atoms with Crippen LogP contribution in [0.2, 0.25) is 0 Å². The fraction of sp³-hybridized carbons (Fsp3) is 0.409. The summed E-state index contributed by atoms with van der Waals surface area (Å²) in [5.41, 5.74) is 3.92. The molecule has 2 aliphatic rings. The minimum absolute atomic E-state index is 0.0329. The Morgan fingerprint density at radius 2 is 2.03 bits per heavy atom. The zero-order chi connectivity index (χ0) is 20.8. The second kappa shape index (κ2) is 7.19. The van der Waals surface area contributed by atoms with E-state index in [1.54, 1.807) is 18.1 Å². The van der Waals surface area contributed by atoms with Crippen LogP contribution in [-0.4, -0.2) is 45.6 Å². The summed E-state index contributed by atoms with van der Waals surface area (Å²) in [6.45, 7) is 4.66. The second-order valence-corrected chi connectivity index (χ2v) is 8.12. The Balaban J connectivity index is 1.52. The number of aryl methyl sites for hydroxylation is 1. The van der Waals surface area contributed by atoms with E-state index in [1.165, 1.54) is 12.8 Å². The van der Waals surface area contributed by atoms with Gasteiger partial charge in [0.05, 0.1) is 12.2 Å². The van der Waals surface area contributed by atoms with Crippen LogP contribution in [0.4, 0.5) is 27.9 Å². The summed E-state index contributed by atoms with van der Waals surface area (Å²) in [7, 11) is 1.79. The normalized spacial score (nSPS) is 17.2. The van der Waals surface area contributed by atoms with Crippen LogP contribution in [0.3, 0.4) is 0 Å². The number of hydrogen-bond acceptors (Lipinski definition) is 5. The van der Waals surface area contributed by atoms with E-state index in [-0.39, 0.29) is 6.03 Å². The van der Waals surface area contributed by atoms with Crippen LogP contribution in [0.5, 0.6) is 0 Å². The number of aromatic nitrogens is 3. The van der Waals surface area contributed by atoms with Gasteiger partial charge in [0.1, 0.15) is 5.69 Å². The van der Waals surface area contributed by atoms with E-state index >= 15 is 0 Å². The van der Waals surface area contributed by atoms with Crippen LogP contribution < -0.4 is 15.2 Å². The van der Waals surface area contributed by atoms with E-state index in [9.17, 15) is 4.79 Å². The minimum atomic E-state index is -0.0329. The van der Waals surface area contributed by atoms with Gasteiger partial charge in [-0.05, 0) is 51.0 Å². The van der Waals surface area contributed by atoms with Crippen molar-refractivity contribution in [1.29, 1.82) is 0 Å². The van der Waals surface area contributed by atoms with Gasteiger partial charge in [-0.2, -0.15) is 4.98 Å². The van der Waals surface area contributed by atoms with Gasteiger partial charge in [0.25, 0.3) is 0 Å². The quantitative estimate of drug-likeness (QED) is 0.665. The number of hydrazine groups is 1. The zero-order valence-electron chi connectivity index (χ0n) is 17.6. The molecule has 0 spiro atoms. The number of nitrogens with zero attached hydrogens (tertiary/aromatic N) is 5. The van der Waals surface area contributed by atoms with Crippen molar-refractivity contribution >= 4 is 40.1 Å². The monoisotopic (exact) mass is 405 g/mol. The van der Waals surface area contributed by atoms with Crippen molar-refractivity contribution in [2.45, 2.75) is 45.6 Å². The Hall–Kier alpha value is -3.29. The number of fused-ring (bicyclic) bond motifs is 2. The molecule has 0 atom stereocenters. The number of hydrogen-bond donors (Lipinski definition) is 2. The minimum Gasteiger partial charge on any atom is -0.359 e. The number of urea groups is 1. The first-order valence-corrected chi connectivity index (χ1v) is 10.6. The van der Waals surface area contributed by atoms with Crippen LogP contribution in [-0.2, 0) is 0 Å². The molecular weight excluding hydrogens is 378 g/mol. The van der Waals surface area contributed by atoms with Crippen LogP contribution in [0.15, 0.2) is 30.5 Å². The lowest BCUT2D eigenvalue weighted by atomic mass is 10.2. The third-order valence-electron chi connectivity index (χ3n) is 6.08. The fourth-order valence-electron chi connectivity index (χ4n) is 4.61. The van der Waals surface area contributed by atoms with Gasteiger partial charge in [-0.15, -0.1) is 0 Å². The van der Waals surface area contributed by atoms with Gasteiger partial charge < -0.3 is 10.3 Å². The molecule has 1 fully saturated rings. The number of carbonyl (C=O) groups excluding carboxylic acids is 1. The Bertz CT molecular complexity index is 1100. The Morgan fingerprint density at radius 3 is 2.80 bits per heavy atom. The van der Waals surface area contributed by atoms with Crippen LogP contribution in [0.25, 0.3) is 10.9 Å². The third-order valence-corrected chi connectivity index (χ3v) is 6.08. The molecule has 2 aromatic heterocycles. The highest BCUT2D eigenvalue weighted by molar-refractivity contribution is 5.98. The maximum absolute atomic E-state index is 12.9. The first-order chi connectivity index (χ1) is 14.5. The van der Waals surface area contributed by atoms with Crippen molar-refractivity contribution in [3.63, 3.8) is 0 Å². The number of anilines is 4. The van der Waals surface area contributed by atoms with Gasteiger partial charge in [-0.1, -0.05) is 12.8 Å². The van der Waals surface area contributed by atoms with Gasteiger partial charge in [0.2, 0.25) is 5.95 Å². The summed E-state index contributed by atoms with van der Waals surface area (Å²) in [6.07, 6.45) is 6.26. The number of carbonyl (C=O) groups is 1. The Labute approximate surface area is 175 Å². The number of aromatic amines is 1. The predicted octanol–water partition coefficient (Wildman–Crippen LogP) is 4.57. The molecule has 1 aliphatic carbocycles. The molecule has 156 valence electrons. The fourth-order valence-corrected chi connectivity index (χ4v) is 4.61. The molecule has 1 aromatic carbocycles. The lowest BCUT2D eigenvalue weighted by Gasteiger charge is -2.45. The summed E-state index contributed by atoms with van der Waals surface area (Å²) in [6, 6.07) is 8.54. The van der Waals surface area contributed by atoms with Crippen LogP contribution in [0, 0.1) is 6.92 Å². The second-order valence-electron chi connectivity index (χ2n) is 8.12. The lowest BCUT2D eigenvalue weighted by molar-refractivity contribution is 0.191. The Morgan fingerprint density at radius 1 is 1.23 bits per heavy atom. The van der Waals surface area contributed by atoms with E-state index in [2.05, 4.69) is 45.4 Å². The van der Waals surface area contributed by atoms with E-state index in [0.717, 1.165) is 46.6 Å². The number of amides is 2. The number of benzene rings is 1. The maximum Gasteiger partial charge on any atom is 0.343 e. The first kappa shape index (κ1) is 18.7. The van der Waals surface area contributed by atoms with Crippen LogP contribution >= 0.6 is 0 Å². The van der Waals surface area contributed by atoms with Crippen molar-refractivity contribution in [2.75, 3.05) is 28.8 Å². The van der Waals surface area contributed by atoms with E-state index < -0.39 is 0 Å². The third kappa shape index (κ3) is 3.03. The summed E-state index contributed by atoms with van der Waals surface area (Å²) in [5, 5.41) is 8.40. The molecular formula is C22H27N7O. The molecule has 0 radical (unpaired) electrons. The molecule has 30 heavy (non-hydrogen) atoms. The highest BCUT2D eigenvalue weighted by Crippen LogP contribution is 2.38. The highest BCUT2D eigenvalue weighted by atomic mass is 16.2. The Kier molecular flexibility index (Phi) is 4.49. The molecule has 1 saturated carbocycles. The molecule has 2 amide bonds. The van der Waals surface area contributed by atoms with Crippen molar-refractivity contribution in [3.05, 3.63) is 36.2 Å². The standard InChI is InChI=1S/C22H27N7O/c1-4-28-22(30)27(3)19-13-23-21(26-20(19)29(28)17-7-5-6-8-17)25-16-9-10-18-15(12-16)11-14(2)24-18/h9-13,17,24H,4-8H2,1-3H3,(H,23,25,26). The van der Waals surface area contributed by atoms with Gasteiger partial charge >= 0.3 is 6.03 Å². The van der Waals surface area contributed by atoms with Crippen molar-refractivity contribution in [1.82, 2.24) is 20.0 Å². The summed E-state index contributed by atoms with van der Waals surface area (Å²) in [5.74, 6) is 1.32. The van der Waals surface area contributed by atoms with E-state index in [0.29, 0.717) is 18.5 Å². The molecule has 5 rings (SSSR count). The molecule has 0 saturated heterocycles. The number of H-pyrrole nitrogens is 1. The van der Waals surface area contributed by atoms with Crippen LogP contribution in [0.1, 0.15) is 38.3 Å². The van der Waals surface area contributed by atoms with E-state index in [4.69, 9.17) is 4.98 Å². The maximum atomic E-state index is 12.9. The van der Waals surface area contributed by atoms with Gasteiger partial charge in [0.15, 0.2) is 5.82 Å². The average molecular weight is 406 g/mol. The SMILES string of the molecule is CCN1C(=O)N(C)c2cnc(Nc3ccc4[nH]c(C)cc4c3)nc2N1C1CCCC1. The molecule has 3 heterocycles. The molecule has 8 nitrogen and oxygen atoms in total. The highest BCUT2D eigenvalue weighted by Gasteiger charge is 2.39. The van der Waals surface area contributed by atoms with Crippen molar-refractivity contribution < 1.29 is 4.79 Å². The molecule has 0 bridgehead atoms. The average Bonchev–Trinajstić information content (AvgIpc) is 3.39. The number of rotatable bonds is 4. The van der Waals surface area contributed by atoms with Crippen molar-refractivity contribution in [2.24, 2.45) is 0 Å². The van der Waals surface area contributed by atoms with E-state index in [1.807, 2.05) is 18.0 Å². The lowest BCUT2D eigenvalue weighted by Crippen LogP contribution is -2.59. The topological polar surface area (TPSA) is 80.4 Å². The summed E-state index contributed by atoms with van der Waals surface area (Å²) >= 11 is 0. The smallest absolute Gasteiger partial charge is 0.343 e. The molecule has 1 aliphatic heterocycles. The van der Waals surface area contributed by atoms with Gasteiger partial charge in [0, 0.05) is 35.9 Å². The predicted molar refractivity (Wildman–Crippen MR) is 119 cm³/mol. The molecule has 3 aromatic rings. The largest absolute Gasteiger partial charge is 0.359 e. The van der Waals surface area contributed by atoms with Gasteiger partial charge in [-0.3, -0.25) is 9.91 Å². The zero-order valence-corrected chi connectivity index (χ0v) is 17.6. The molecule has 0 unspecified atom stereocenters. The first-order valence-electron chi connectivity index (χ1n) is 10.6.